The third-order valence-corrected chi connectivity index (χ3v) is 3.07. The van der Waals surface area contributed by atoms with Gasteiger partial charge in [-0.3, -0.25) is 0 Å². The van der Waals surface area contributed by atoms with Crippen LogP contribution in [-0.4, -0.2) is 48.5 Å². The third kappa shape index (κ3) is 2.78. The van der Waals surface area contributed by atoms with Crippen LogP contribution in [0, 0.1) is 0 Å². The number of ether oxygens (including phenoxy) is 2. The number of nitrogens with zero attached hydrogens (tertiary/aromatic N) is 4. The second-order valence-electron chi connectivity index (χ2n) is 4.45. The molecule has 1 aliphatic rings. The molecule has 1 saturated heterocycles. The van der Waals surface area contributed by atoms with Crippen molar-refractivity contribution < 1.29 is 14.0 Å². The van der Waals surface area contributed by atoms with E-state index in [0.717, 1.165) is 37.7 Å². The molecule has 0 spiro atoms. The Bertz CT molecular complexity index is 566. The summed E-state index contributed by atoms with van der Waals surface area (Å²) in [6, 6.07) is 3.83. The highest BCUT2D eigenvalue weighted by Crippen LogP contribution is 2.21. The van der Waals surface area contributed by atoms with Crippen LogP contribution >= 0.6 is 0 Å². The molecular formula is C13H16N4O3. The fourth-order valence-corrected chi connectivity index (χ4v) is 2.08. The lowest BCUT2D eigenvalue weighted by Gasteiger charge is -2.27. The number of aromatic nitrogens is 3. The first-order chi connectivity index (χ1) is 9.86. The molecule has 0 N–H and O–H groups in total. The Morgan fingerprint density at radius 3 is 3.00 bits per heavy atom. The van der Waals surface area contributed by atoms with Crippen LogP contribution in [0.2, 0.25) is 0 Å². The summed E-state index contributed by atoms with van der Waals surface area (Å²) in [6.45, 7) is 3.46. The summed E-state index contributed by atoms with van der Waals surface area (Å²) in [6.07, 6.45) is 1.76. The fraction of sp³-hybridized carbons (Fsp3) is 0.462. The van der Waals surface area contributed by atoms with Gasteiger partial charge in [0, 0.05) is 32.0 Å². The van der Waals surface area contributed by atoms with Crippen molar-refractivity contribution in [3.05, 3.63) is 24.2 Å². The van der Waals surface area contributed by atoms with Crippen LogP contribution in [0.1, 0.15) is 5.89 Å². The van der Waals surface area contributed by atoms with E-state index in [1.807, 2.05) is 12.1 Å². The van der Waals surface area contributed by atoms with Crippen molar-refractivity contribution in [2.75, 3.05) is 38.3 Å². The molecule has 3 heterocycles. The van der Waals surface area contributed by atoms with Crippen LogP contribution in [-0.2, 0) is 16.1 Å². The number of hydrogen-bond donors (Lipinski definition) is 0. The van der Waals surface area contributed by atoms with E-state index in [2.05, 4.69) is 20.0 Å². The third-order valence-electron chi connectivity index (χ3n) is 3.07. The molecule has 0 radical (unpaired) electrons. The standard InChI is InChI=1S/C13H16N4O3/c1-18-9-12-15-13(16-20-12)10-2-3-14-11(8-10)17-4-6-19-7-5-17/h2-3,8H,4-7,9H2,1H3. The van der Waals surface area contributed by atoms with E-state index >= 15 is 0 Å². The van der Waals surface area contributed by atoms with Crippen molar-refractivity contribution >= 4 is 5.82 Å². The minimum atomic E-state index is 0.314. The van der Waals surface area contributed by atoms with Gasteiger partial charge in [0.25, 0.3) is 5.89 Å². The minimum absolute atomic E-state index is 0.314. The predicted octanol–water partition coefficient (Wildman–Crippen LogP) is 1.11. The smallest absolute Gasteiger partial charge is 0.252 e. The first kappa shape index (κ1) is 13.0. The van der Waals surface area contributed by atoms with Crippen molar-refractivity contribution in [2.24, 2.45) is 0 Å². The number of methoxy groups -OCH3 is 1. The SMILES string of the molecule is COCc1nc(-c2ccnc(N3CCOCC3)c2)no1. The molecule has 0 aliphatic carbocycles. The summed E-state index contributed by atoms with van der Waals surface area (Å²) in [4.78, 5) is 10.9. The Kier molecular flexibility index (Phi) is 3.89. The highest BCUT2D eigenvalue weighted by atomic mass is 16.5. The zero-order chi connectivity index (χ0) is 13.8. The molecule has 20 heavy (non-hydrogen) atoms. The van der Waals surface area contributed by atoms with Gasteiger partial charge in [-0.1, -0.05) is 5.16 Å². The first-order valence-corrected chi connectivity index (χ1v) is 6.47. The topological polar surface area (TPSA) is 73.5 Å². The number of hydrogen-bond acceptors (Lipinski definition) is 7. The van der Waals surface area contributed by atoms with Crippen LogP contribution in [0.15, 0.2) is 22.9 Å². The lowest BCUT2D eigenvalue weighted by Crippen LogP contribution is -2.36. The first-order valence-electron chi connectivity index (χ1n) is 6.47. The lowest BCUT2D eigenvalue weighted by molar-refractivity contribution is 0.122. The monoisotopic (exact) mass is 276 g/mol. The summed E-state index contributed by atoms with van der Waals surface area (Å²) in [7, 11) is 1.59. The van der Waals surface area contributed by atoms with Gasteiger partial charge in [0.15, 0.2) is 0 Å². The second-order valence-corrected chi connectivity index (χ2v) is 4.45. The Morgan fingerprint density at radius 1 is 1.35 bits per heavy atom. The van der Waals surface area contributed by atoms with E-state index in [1.54, 1.807) is 13.3 Å². The van der Waals surface area contributed by atoms with Crippen molar-refractivity contribution in [3.8, 4) is 11.4 Å². The molecule has 2 aromatic rings. The molecule has 106 valence electrons. The second kappa shape index (κ2) is 5.98. The van der Waals surface area contributed by atoms with Gasteiger partial charge in [0.05, 0.1) is 13.2 Å². The maximum Gasteiger partial charge on any atom is 0.252 e. The Hall–Kier alpha value is -1.99. The van der Waals surface area contributed by atoms with Gasteiger partial charge in [-0.2, -0.15) is 4.98 Å². The molecule has 0 aromatic carbocycles. The Balaban J connectivity index is 1.82. The van der Waals surface area contributed by atoms with Gasteiger partial charge in [-0.05, 0) is 12.1 Å². The summed E-state index contributed by atoms with van der Waals surface area (Å²) < 4.78 is 15.4. The molecule has 0 saturated carbocycles. The quantitative estimate of drug-likeness (QED) is 0.828. The molecule has 3 rings (SSSR count). The van der Waals surface area contributed by atoms with Crippen LogP contribution in [0.4, 0.5) is 5.82 Å². The van der Waals surface area contributed by atoms with Crippen LogP contribution in [0.25, 0.3) is 11.4 Å². The number of anilines is 1. The van der Waals surface area contributed by atoms with Gasteiger partial charge in [0.2, 0.25) is 5.82 Å². The van der Waals surface area contributed by atoms with Crippen molar-refractivity contribution in [3.63, 3.8) is 0 Å². The van der Waals surface area contributed by atoms with Crippen LogP contribution < -0.4 is 4.90 Å². The molecule has 7 nitrogen and oxygen atoms in total. The van der Waals surface area contributed by atoms with Crippen LogP contribution in [0.3, 0.4) is 0 Å². The average Bonchev–Trinajstić information content (AvgIpc) is 2.97. The van der Waals surface area contributed by atoms with Gasteiger partial charge < -0.3 is 18.9 Å². The van der Waals surface area contributed by atoms with E-state index < -0.39 is 0 Å². The molecule has 0 atom stereocenters. The van der Waals surface area contributed by atoms with Crippen LogP contribution in [0.5, 0.6) is 0 Å². The molecule has 0 unspecified atom stereocenters. The van der Waals surface area contributed by atoms with E-state index in [-0.39, 0.29) is 0 Å². The summed E-state index contributed by atoms with van der Waals surface area (Å²) in [5, 5.41) is 3.95. The normalized spacial score (nSPS) is 15.6. The fourth-order valence-electron chi connectivity index (χ4n) is 2.08. The van der Waals surface area contributed by atoms with Crippen molar-refractivity contribution in [1.82, 2.24) is 15.1 Å². The number of morpholine rings is 1. The largest absolute Gasteiger partial charge is 0.378 e. The molecule has 7 heteroatoms. The zero-order valence-corrected chi connectivity index (χ0v) is 11.3. The van der Waals surface area contributed by atoms with Gasteiger partial charge in [-0.25, -0.2) is 4.98 Å². The maximum absolute atomic E-state index is 5.34. The van der Waals surface area contributed by atoms with Gasteiger partial charge >= 0.3 is 0 Å². The molecule has 0 bridgehead atoms. The number of pyridine rings is 1. The van der Waals surface area contributed by atoms with E-state index in [9.17, 15) is 0 Å². The van der Waals surface area contributed by atoms with Gasteiger partial charge in [-0.15, -0.1) is 0 Å². The highest BCUT2D eigenvalue weighted by molar-refractivity contribution is 5.59. The molecule has 1 aliphatic heterocycles. The summed E-state index contributed by atoms with van der Waals surface area (Å²) in [5.74, 6) is 1.92. The van der Waals surface area contributed by atoms with E-state index in [1.165, 1.54) is 0 Å². The predicted molar refractivity (Wildman–Crippen MR) is 71.3 cm³/mol. The maximum atomic E-state index is 5.34. The summed E-state index contributed by atoms with van der Waals surface area (Å²) >= 11 is 0. The lowest BCUT2D eigenvalue weighted by atomic mass is 10.2. The molecule has 2 aromatic heterocycles. The number of rotatable bonds is 4. The van der Waals surface area contributed by atoms with E-state index in [4.69, 9.17) is 14.0 Å². The highest BCUT2D eigenvalue weighted by Gasteiger charge is 2.14. The molecular weight excluding hydrogens is 260 g/mol. The van der Waals surface area contributed by atoms with Gasteiger partial charge in [0.1, 0.15) is 12.4 Å². The Labute approximate surface area is 116 Å². The zero-order valence-electron chi connectivity index (χ0n) is 11.3. The summed E-state index contributed by atoms with van der Waals surface area (Å²) in [5.41, 5.74) is 0.882. The molecule has 0 amide bonds. The van der Waals surface area contributed by atoms with Crippen molar-refractivity contribution in [2.45, 2.75) is 6.61 Å². The van der Waals surface area contributed by atoms with E-state index in [0.29, 0.717) is 18.3 Å². The van der Waals surface area contributed by atoms with Crippen molar-refractivity contribution in [1.29, 1.82) is 0 Å². The minimum Gasteiger partial charge on any atom is -0.378 e. The average molecular weight is 276 g/mol. The molecule has 1 fully saturated rings. The Morgan fingerprint density at radius 2 is 2.20 bits per heavy atom.